The number of carbonyl (C=O) groups is 1. The smallest absolute Gasteiger partial charge is 0.323 e. The standard InChI is InChI=1S/C8H17NO5S2/c1-6(15(3)12)4-5-9-16(13,14)7(2)8(10)11/h6-7,9H,4-5H2,1-3H3,(H,10,11). The second-order valence-electron chi connectivity index (χ2n) is 3.52. The van der Waals surface area contributed by atoms with Gasteiger partial charge in [0.1, 0.15) is 0 Å². The molecule has 3 atom stereocenters. The molecular weight excluding hydrogens is 254 g/mol. The van der Waals surface area contributed by atoms with E-state index in [0.29, 0.717) is 6.42 Å². The minimum absolute atomic E-state index is 0.0979. The molecular formula is C8H17NO5S2. The molecule has 0 spiro atoms. The van der Waals surface area contributed by atoms with Crippen molar-refractivity contribution < 1.29 is 22.5 Å². The lowest BCUT2D eigenvalue weighted by molar-refractivity contribution is -0.136. The van der Waals surface area contributed by atoms with Crippen LogP contribution in [0.1, 0.15) is 20.3 Å². The Bertz CT molecular complexity index is 365. The van der Waals surface area contributed by atoms with Gasteiger partial charge in [-0.3, -0.25) is 9.00 Å². The third-order valence-corrected chi connectivity index (χ3v) is 5.34. The monoisotopic (exact) mass is 271 g/mol. The first-order chi connectivity index (χ1) is 7.18. The molecule has 0 saturated heterocycles. The predicted molar refractivity (Wildman–Crippen MR) is 62.2 cm³/mol. The maximum atomic E-state index is 11.4. The zero-order valence-electron chi connectivity index (χ0n) is 9.47. The van der Waals surface area contributed by atoms with Gasteiger partial charge in [-0.25, -0.2) is 13.1 Å². The minimum Gasteiger partial charge on any atom is -0.480 e. The molecule has 0 heterocycles. The summed E-state index contributed by atoms with van der Waals surface area (Å²) in [5.41, 5.74) is 0. The maximum absolute atomic E-state index is 11.4. The number of hydrogen-bond acceptors (Lipinski definition) is 4. The first kappa shape index (κ1) is 15.5. The van der Waals surface area contributed by atoms with Crippen LogP contribution in [0, 0.1) is 0 Å². The average Bonchev–Trinajstić information content (AvgIpc) is 2.15. The zero-order chi connectivity index (χ0) is 12.9. The van der Waals surface area contributed by atoms with E-state index in [0.717, 1.165) is 6.92 Å². The van der Waals surface area contributed by atoms with Gasteiger partial charge in [-0.05, 0) is 13.3 Å². The molecule has 8 heteroatoms. The summed E-state index contributed by atoms with van der Waals surface area (Å²) in [6.45, 7) is 2.94. The van der Waals surface area contributed by atoms with Crippen LogP contribution >= 0.6 is 0 Å². The quantitative estimate of drug-likeness (QED) is 0.652. The second kappa shape index (κ2) is 6.31. The van der Waals surface area contributed by atoms with Crippen LogP contribution in [-0.2, 0) is 25.6 Å². The molecule has 0 aromatic carbocycles. The van der Waals surface area contributed by atoms with Gasteiger partial charge in [-0.2, -0.15) is 0 Å². The molecule has 0 aliphatic carbocycles. The molecule has 0 amide bonds. The molecule has 0 aliphatic heterocycles. The van der Waals surface area contributed by atoms with E-state index in [1.807, 2.05) is 0 Å². The first-order valence-corrected chi connectivity index (χ1v) is 7.88. The van der Waals surface area contributed by atoms with Crippen molar-refractivity contribution >= 4 is 26.8 Å². The van der Waals surface area contributed by atoms with Crippen LogP contribution in [-0.4, -0.2) is 47.0 Å². The molecule has 16 heavy (non-hydrogen) atoms. The SMILES string of the molecule is CC(CCNS(=O)(=O)C(C)C(=O)O)S(C)=O. The summed E-state index contributed by atoms with van der Waals surface area (Å²) in [4.78, 5) is 10.5. The highest BCUT2D eigenvalue weighted by Crippen LogP contribution is 2.01. The molecule has 3 unspecified atom stereocenters. The fraction of sp³-hybridized carbons (Fsp3) is 0.875. The Morgan fingerprint density at radius 2 is 1.94 bits per heavy atom. The van der Waals surface area contributed by atoms with Crippen LogP contribution < -0.4 is 4.72 Å². The Morgan fingerprint density at radius 3 is 2.31 bits per heavy atom. The third-order valence-electron chi connectivity index (χ3n) is 2.23. The van der Waals surface area contributed by atoms with Gasteiger partial charge >= 0.3 is 5.97 Å². The molecule has 0 saturated carbocycles. The summed E-state index contributed by atoms with van der Waals surface area (Å²) in [5, 5.41) is 6.95. The molecule has 96 valence electrons. The van der Waals surface area contributed by atoms with Gasteiger partial charge in [0.15, 0.2) is 5.25 Å². The van der Waals surface area contributed by atoms with E-state index in [-0.39, 0.29) is 11.8 Å². The number of hydrogen-bond donors (Lipinski definition) is 2. The summed E-state index contributed by atoms with van der Waals surface area (Å²) >= 11 is 0. The lowest BCUT2D eigenvalue weighted by atomic mass is 10.3. The lowest BCUT2D eigenvalue weighted by Crippen LogP contribution is -2.38. The second-order valence-corrected chi connectivity index (χ2v) is 7.41. The van der Waals surface area contributed by atoms with Crippen LogP contribution in [0.3, 0.4) is 0 Å². The fourth-order valence-corrected chi connectivity index (χ4v) is 2.20. The van der Waals surface area contributed by atoms with E-state index in [2.05, 4.69) is 4.72 Å². The summed E-state index contributed by atoms with van der Waals surface area (Å²) in [6.07, 6.45) is 1.95. The highest BCUT2D eigenvalue weighted by atomic mass is 32.2. The fourth-order valence-electron chi connectivity index (χ4n) is 0.828. The highest BCUT2D eigenvalue weighted by molar-refractivity contribution is 7.90. The van der Waals surface area contributed by atoms with Gasteiger partial charge in [0.05, 0.1) is 0 Å². The Kier molecular flexibility index (Phi) is 6.13. The van der Waals surface area contributed by atoms with Gasteiger partial charge < -0.3 is 5.11 Å². The molecule has 0 aromatic rings. The molecule has 0 fully saturated rings. The zero-order valence-corrected chi connectivity index (χ0v) is 11.1. The largest absolute Gasteiger partial charge is 0.480 e. The molecule has 0 aliphatic rings. The van der Waals surface area contributed by atoms with E-state index >= 15 is 0 Å². The Labute approximate surface area is 97.9 Å². The summed E-state index contributed by atoms with van der Waals surface area (Å²) < 4.78 is 35.9. The van der Waals surface area contributed by atoms with Gasteiger partial charge in [-0.1, -0.05) is 6.92 Å². The molecule has 2 N–H and O–H groups in total. The Morgan fingerprint density at radius 1 is 1.44 bits per heavy atom. The van der Waals surface area contributed by atoms with E-state index in [9.17, 15) is 17.4 Å². The van der Waals surface area contributed by atoms with Crippen LogP contribution in [0.15, 0.2) is 0 Å². The van der Waals surface area contributed by atoms with Crippen molar-refractivity contribution in [3.05, 3.63) is 0 Å². The van der Waals surface area contributed by atoms with E-state index in [1.165, 1.54) is 0 Å². The van der Waals surface area contributed by atoms with Crippen molar-refractivity contribution in [1.82, 2.24) is 4.72 Å². The van der Waals surface area contributed by atoms with E-state index in [1.54, 1.807) is 13.2 Å². The maximum Gasteiger partial charge on any atom is 0.323 e. The molecule has 0 bridgehead atoms. The number of sulfonamides is 1. The highest BCUT2D eigenvalue weighted by Gasteiger charge is 2.27. The van der Waals surface area contributed by atoms with Crippen molar-refractivity contribution in [2.75, 3.05) is 12.8 Å². The summed E-state index contributed by atoms with van der Waals surface area (Å²) in [5.74, 6) is -1.39. The van der Waals surface area contributed by atoms with E-state index in [4.69, 9.17) is 5.11 Å². The Hall–Kier alpha value is -0.470. The van der Waals surface area contributed by atoms with Gasteiger partial charge in [0.2, 0.25) is 10.0 Å². The van der Waals surface area contributed by atoms with E-state index < -0.39 is 32.0 Å². The van der Waals surface area contributed by atoms with Gasteiger partial charge in [0, 0.05) is 28.9 Å². The Balaban J connectivity index is 4.21. The normalized spacial score (nSPS) is 17.7. The molecule has 0 rings (SSSR count). The van der Waals surface area contributed by atoms with Crippen LogP contribution in [0.25, 0.3) is 0 Å². The van der Waals surface area contributed by atoms with Gasteiger partial charge in [-0.15, -0.1) is 0 Å². The van der Waals surface area contributed by atoms with Crippen molar-refractivity contribution in [3.63, 3.8) is 0 Å². The van der Waals surface area contributed by atoms with Crippen molar-refractivity contribution in [3.8, 4) is 0 Å². The van der Waals surface area contributed by atoms with Gasteiger partial charge in [0.25, 0.3) is 0 Å². The predicted octanol–water partition coefficient (Wildman–Crippen LogP) is -0.464. The summed E-state index contributed by atoms with van der Waals surface area (Å²) in [6, 6.07) is 0. The number of nitrogens with one attached hydrogen (secondary N) is 1. The number of rotatable bonds is 7. The molecule has 0 aromatic heterocycles. The number of carboxylic acid groups (broad SMARTS) is 1. The van der Waals surface area contributed by atoms with Crippen molar-refractivity contribution in [2.24, 2.45) is 0 Å². The number of carboxylic acids is 1. The minimum atomic E-state index is -3.83. The molecule has 0 radical (unpaired) electrons. The lowest BCUT2D eigenvalue weighted by Gasteiger charge is -2.12. The summed E-state index contributed by atoms with van der Waals surface area (Å²) in [7, 11) is -4.84. The average molecular weight is 271 g/mol. The van der Waals surface area contributed by atoms with Crippen molar-refractivity contribution in [2.45, 2.75) is 30.8 Å². The molecule has 6 nitrogen and oxygen atoms in total. The van der Waals surface area contributed by atoms with Crippen molar-refractivity contribution in [1.29, 1.82) is 0 Å². The third kappa shape index (κ3) is 5.04. The van der Waals surface area contributed by atoms with Crippen LogP contribution in [0.2, 0.25) is 0 Å². The topological polar surface area (TPSA) is 101 Å². The van der Waals surface area contributed by atoms with Crippen LogP contribution in [0.4, 0.5) is 0 Å². The number of aliphatic carboxylic acids is 1. The van der Waals surface area contributed by atoms with Crippen LogP contribution in [0.5, 0.6) is 0 Å². The first-order valence-electron chi connectivity index (χ1n) is 4.72.